The molecule has 0 saturated heterocycles. The quantitative estimate of drug-likeness (QED) is 0.557. The lowest BCUT2D eigenvalue weighted by molar-refractivity contribution is 0.169. The van der Waals surface area contributed by atoms with E-state index in [1.165, 1.54) is 18.4 Å². The van der Waals surface area contributed by atoms with Gasteiger partial charge in [0.25, 0.3) is 0 Å². The van der Waals surface area contributed by atoms with Crippen molar-refractivity contribution in [1.29, 1.82) is 0 Å². The topological polar surface area (TPSA) is 27.7 Å². The molecule has 1 atom stereocenters. The summed E-state index contributed by atoms with van der Waals surface area (Å²) in [4.78, 5) is 0. The van der Waals surface area contributed by atoms with Crippen molar-refractivity contribution in [2.24, 2.45) is 5.92 Å². The van der Waals surface area contributed by atoms with Crippen molar-refractivity contribution >= 4 is 0 Å². The summed E-state index contributed by atoms with van der Waals surface area (Å²) in [5, 5.41) is 0. The van der Waals surface area contributed by atoms with Crippen molar-refractivity contribution in [1.82, 2.24) is 0 Å². The molecule has 2 aromatic rings. The maximum absolute atomic E-state index is 6.03. The maximum Gasteiger partial charge on any atom is 0.161 e. The van der Waals surface area contributed by atoms with Crippen LogP contribution in [0.2, 0.25) is 0 Å². The third-order valence-electron chi connectivity index (χ3n) is 4.81. The molecule has 2 aromatic carbocycles. The Hall–Kier alpha value is -2.00. The van der Waals surface area contributed by atoms with Crippen molar-refractivity contribution in [2.75, 3.05) is 20.3 Å². The molecule has 0 amide bonds. The summed E-state index contributed by atoms with van der Waals surface area (Å²) in [6, 6.07) is 16.6. The van der Waals surface area contributed by atoms with E-state index in [4.69, 9.17) is 14.2 Å². The summed E-state index contributed by atoms with van der Waals surface area (Å²) in [5.41, 5.74) is 2.50. The summed E-state index contributed by atoms with van der Waals surface area (Å²) in [6.45, 7) is 4.20. The van der Waals surface area contributed by atoms with Crippen LogP contribution in [0.5, 0.6) is 11.5 Å². The zero-order valence-corrected chi connectivity index (χ0v) is 15.2. The van der Waals surface area contributed by atoms with Gasteiger partial charge in [-0.15, -0.1) is 0 Å². The van der Waals surface area contributed by atoms with E-state index >= 15 is 0 Å². The molecule has 1 unspecified atom stereocenters. The predicted octanol–water partition coefficient (Wildman–Crippen LogP) is 5.19. The van der Waals surface area contributed by atoms with Gasteiger partial charge in [0, 0.05) is 20.1 Å². The SMILES string of the molecule is COCCCOc1cc(C(C)C2CC2)ccc1OCc1ccccc1. The summed E-state index contributed by atoms with van der Waals surface area (Å²) < 4.78 is 17.2. The largest absolute Gasteiger partial charge is 0.490 e. The third kappa shape index (κ3) is 5.23. The fourth-order valence-electron chi connectivity index (χ4n) is 3.03. The van der Waals surface area contributed by atoms with Crippen molar-refractivity contribution in [3.8, 4) is 11.5 Å². The highest BCUT2D eigenvalue weighted by molar-refractivity contribution is 5.44. The van der Waals surface area contributed by atoms with Crippen molar-refractivity contribution in [2.45, 2.75) is 38.7 Å². The molecule has 3 nitrogen and oxygen atoms in total. The van der Waals surface area contributed by atoms with E-state index in [-0.39, 0.29) is 0 Å². The zero-order chi connectivity index (χ0) is 17.5. The molecular weight excluding hydrogens is 312 g/mol. The summed E-state index contributed by atoms with van der Waals surface area (Å²) >= 11 is 0. The Kier molecular flexibility index (Phi) is 6.35. The Labute approximate surface area is 150 Å². The average molecular weight is 340 g/mol. The highest BCUT2D eigenvalue weighted by Crippen LogP contribution is 2.44. The van der Waals surface area contributed by atoms with E-state index in [2.05, 4.69) is 37.3 Å². The second-order valence-corrected chi connectivity index (χ2v) is 6.80. The summed E-state index contributed by atoms with van der Waals surface area (Å²) in [5.74, 6) is 3.08. The average Bonchev–Trinajstić information content (AvgIpc) is 3.49. The second-order valence-electron chi connectivity index (χ2n) is 6.80. The van der Waals surface area contributed by atoms with Crippen molar-refractivity contribution in [3.63, 3.8) is 0 Å². The van der Waals surface area contributed by atoms with Gasteiger partial charge in [0.2, 0.25) is 0 Å². The fraction of sp³-hybridized carbons (Fsp3) is 0.455. The molecule has 0 aromatic heterocycles. The smallest absolute Gasteiger partial charge is 0.161 e. The van der Waals surface area contributed by atoms with E-state index in [1.807, 2.05) is 18.2 Å². The Morgan fingerprint density at radius 2 is 1.76 bits per heavy atom. The van der Waals surface area contributed by atoms with E-state index in [0.717, 1.165) is 29.4 Å². The fourth-order valence-corrected chi connectivity index (χ4v) is 3.03. The second kappa shape index (κ2) is 8.91. The first-order valence-electron chi connectivity index (χ1n) is 9.20. The minimum Gasteiger partial charge on any atom is -0.490 e. The zero-order valence-electron chi connectivity index (χ0n) is 15.2. The van der Waals surface area contributed by atoms with Gasteiger partial charge in [-0.25, -0.2) is 0 Å². The first kappa shape index (κ1) is 17.8. The van der Waals surface area contributed by atoms with Crippen LogP contribution in [0.15, 0.2) is 48.5 Å². The van der Waals surface area contributed by atoms with Gasteiger partial charge in [0.1, 0.15) is 6.61 Å². The molecule has 0 radical (unpaired) electrons. The first-order valence-corrected chi connectivity index (χ1v) is 9.20. The van der Waals surface area contributed by atoms with Crippen LogP contribution in [-0.2, 0) is 11.3 Å². The molecule has 0 spiro atoms. The van der Waals surface area contributed by atoms with Crippen LogP contribution in [0.25, 0.3) is 0 Å². The van der Waals surface area contributed by atoms with E-state index < -0.39 is 0 Å². The van der Waals surface area contributed by atoms with Gasteiger partial charge in [-0.05, 0) is 47.9 Å². The van der Waals surface area contributed by atoms with Crippen LogP contribution >= 0.6 is 0 Å². The van der Waals surface area contributed by atoms with Crippen molar-refractivity contribution < 1.29 is 14.2 Å². The lowest BCUT2D eigenvalue weighted by atomic mass is 9.96. The third-order valence-corrected chi connectivity index (χ3v) is 4.81. The van der Waals surface area contributed by atoms with Crippen LogP contribution in [0.1, 0.15) is 43.2 Å². The lowest BCUT2D eigenvalue weighted by Gasteiger charge is -2.17. The Morgan fingerprint density at radius 1 is 0.960 bits per heavy atom. The van der Waals surface area contributed by atoms with Crippen LogP contribution < -0.4 is 9.47 Å². The minimum absolute atomic E-state index is 0.548. The maximum atomic E-state index is 6.03. The summed E-state index contributed by atoms with van der Waals surface area (Å²) in [7, 11) is 1.71. The molecular formula is C22H28O3. The van der Waals surface area contributed by atoms with E-state index in [0.29, 0.717) is 25.7 Å². The predicted molar refractivity (Wildman–Crippen MR) is 100 cm³/mol. The molecule has 1 aliphatic rings. The van der Waals surface area contributed by atoms with Gasteiger partial charge in [0.15, 0.2) is 11.5 Å². The van der Waals surface area contributed by atoms with Crippen LogP contribution in [-0.4, -0.2) is 20.3 Å². The first-order chi connectivity index (χ1) is 12.3. The molecule has 1 aliphatic carbocycles. The lowest BCUT2D eigenvalue weighted by Crippen LogP contribution is -2.05. The normalized spacial score (nSPS) is 15.0. The van der Waals surface area contributed by atoms with E-state index in [9.17, 15) is 0 Å². The standard InChI is InChI=1S/C22H28O3/c1-17(19-9-10-19)20-11-12-21(22(15-20)24-14-6-13-23-2)25-16-18-7-4-3-5-8-18/h3-5,7-8,11-12,15,17,19H,6,9-10,13-14,16H2,1-2H3. The number of benzene rings is 2. The number of ether oxygens (including phenoxy) is 3. The highest BCUT2D eigenvalue weighted by Gasteiger charge is 2.29. The van der Waals surface area contributed by atoms with Gasteiger partial charge in [-0.3, -0.25) is 0 Å². The van der Waals surface area contributed by atoms with Gasteiger partial charge >= 0.3 is 0 Å². The number of hydrogen-bond donors (Lipinski definition) is 0. The van der Waals surface area contributed by atoms with Gasteiger partial charge in [-0.1, -0.05) is 43.3 Å². The molecule has 0 aliphatic heterocycles. The molecule has 1 fully saturated rings. The van der Waals surface area contributed by atoms with Gasteiger partial charge in [-0.2, -0.15) is 0 Å². The van der Waals surface area contributed by atoms with Crippen molar-refractivity contribution in [3.05, 3.63) is 59.7 Å². The highest BCUT2D eigenvalue weighted by atomic mass is 16.5. The van der Waals surface area contributed by atoms with Crippen LogP contribution in [0, 0.1) is 5.92 Å². The van der Waals surface area contributed by atoms with E-state index in [1.54, 1.807) is 7.11 Å². The monoisotopic (exact) mass is 340 g/mol. The molecule has 0 heterocycles. The Bertz CT molecular complexity index is 650. The molecule has 0 bridgehead atoms. The molecule has 25 heavy (non-hydrogen) atoms. The van der Waals surface area contributed by atoms with Crippen LogP contribution in [0.3, 0.4) is 0 Å². The molecule has 3 heteroatoms. The molecule has 0 N–H and O–H groups in total. The Balaban J connectivity index is 1.69. The van der Waals surface area contributed by atoms with Gasteiger partial charge in [0.05, 0.1) is 6.61 Å². The molecule has 1 saturated carbocycles. The van der Waals surface area contributed by atoms with Gasteiger partial charge < -0.3 is 14.2 Å². The molecule has 3 rings (SSSR count). The summed E-state index contributed by atoms with van der Waals surface area (Å²) in [6.07, 6.45) is 3.56. The Morgan fingerprint density at radius 3 is 2.48 bits per heavy atom. The van der Waals surface area contributed by atoms with Crippen LogP contribution in [0.4, 0.5) is 0 Å². The number of rotatable bonds is 10. The minimum atomic E-state index is 0.548. The number of methoxy groups -OCH3 is 1. The molecule has 134 valence electrons. The number of hydrogen-bond acceptors (Lipinski definition) is 3.